The molecule has 0 saturated carbocycles. The number of amides is 1. The summed E-state index contributed by atoms with van der Waals surface area (Å²) in [5.41, 5.74) is -5.54. The normalized spacial score (nSPS) is 14.3. The van der Waals surface area contributed by atoms with E-state index in [1.807, 2.05) is 11.0 Å². The Morgan fingerprint density at radius 1 is 0.667 bits per heavy atom. The molecule has 63 heavy (non-hydrogen) atoms. The third-order valence-electron chi connectivity index (χ3n) is 8.38. The van der Waals surface area contributed by atoms with Crippen LogP contribution < -0.4 is 29.2 Å². The molecule has 0 aliphatic carbocycles. The average Bonchev–Trinajstić information content (AvgIpc) is 3.56. The molecule has 0 spiro atoms. The molecule has 4 aromatic rings. The van der Waals surface area contributed by atoms with Gasteiger partial charge in [-0.15, -0.1) is 5.10 Å². The van der Waals surface area contributed by atoms with Gasteiger partial charge in [0.2, 0.25) is 0 Å². The smallest absolute Gasteiger partial charge is 0.415 e. The number of ether oxygens (including phenoxy) is 4. The van der Waals surface area contributed by atoms with E-state index in [0.717, 1.165) is 37.0 Å². The zero-order valence-electron chi connectivity index (χ0n) is 32.0. The van der Waals surface area contributed by atoms with Gasteiger partial charge in [0.05, 0.1) is 11.8 Å². The van der Waals surface area contributed by atoms with Crippen molar-refractivity contribution in [2.75, 3.05) is 36.4 Å². The molecule has 28 heteroatoms. The summed E-state index contributed by atoms with van der Waals surface area (Å²) in [5, 5.41) is 6.09. The molecule has 4 heterocycles. The monoisotopic (exact) mass is 917 g/mol. The molecule has 0 bridgehead atoms. The highest BCUT2D eigenvalue weighted by molar-refractivity contribution is 6.11. The number of halogens is 12. The van der Waals surface area contributed by atoms with Crippen LogP contribution in [-0.2, 0) is 31.1 Å². The second-order valence-corrected chi connectivity index (χ2v) is 14.1. The summed E-state index contributed by atoms with van der Waals surface area (Å²) in [6, 6.07) is 6.44. The van der Waals surface area contributed by atoms with Gasteiger partial charge >= 0.3 is 48.6 Å². The number of esters is 4. The molecule has 1 fully saturated rings. The van der Waals surface area contributed by atoms with Crippen LogP contribution in [0.4, 0.5) is 64.3 Å². The van der Waals surface area contributed by atoms with Crippen LogP contribution in [0.5, 0.6) is 23.0 Å². The first-order valence-electron chi connectivity index (χ1n) is 17.4. The maximum atomic E-state index is 14.0. The molecular weight excluding hydrogens is 890 g/mol. The highest BCUT2D eigenvalue weighted by Gasteiger charge is 2.51. The van der Waals surface area contributed by atoms with Gasteiger partial charge in [0.1, 0.15) is 11.4 Å². The first-order chi connectivity index (χ1) is 28.9. The Balaban J connectivity index is 1.68. The fourth-order valence-corrected chi connectivity index (χ4v) is 5.70. The number of alkyl halides is 12. The van der Waals surface area contributed by atoms with Gasteiger partial charge in [0.15, 0.2) is 34.5 Å². The summed E-state index contributed by atoms with van der Waals surface area (Å²) < 4.78 is 181. The summed E-state index contributed by atoms with van der Waals surface area (Å²) in [5.74, 6) is -25.8. The molecule has 0 radical (unpaired) electrons. The van der Waals surface area contributed by atoms with E-state index in [2.05, 4.69) is 38.9 Å². The predicted octanol–water partition coefficient (Wildman–Crippen LogP) is 5.87. The van der Waals surface area contributed by atoms with E-state index in [1.165, 1.54) is 12.1 Å². The Morgan fingerprint density at radius 2 is 1.14 bits per heavy atom. The van der Waals surface area contributed by atoms with Crippen LogP contribution in [0.2, 0.25) is 0 Å². The number of carbonyl (C=O) groups excluding carboxylic acids is 5. The number of imidazole rings is 1. The summed E-state index contributed by atoms with van der Waals surface area (Å²) >= 11 is 0. The van der Waals surface area contributed by atoms with Crippen molar-refractivity contribution in [1.82, 2.24) is 24.5 Å². The maximum absolute atomic E-state index is 14.0. The minimum absolute atomic E-state index is 0.139. The van der Waals surface area contributed by atoms with Gasteiger partial charge < -0.3 is 29.2 Å². The number of nitrogens with zero attached hydrogens (tertiary/aromatic N) is 6. The SMILES string of the molecule is CC(C)(C)c1c(OC(=O)C(F)(F)F)c(OC(=O)C(F)(F)F)c(C(=O)Nc2cn3nc(N4CCN(Cc5cccnc5)CC4)ccc3n2)c(OC(=O)C(F)(F)F)c1OC(=O)C(F)(F)F. The molecule has 5 rings (SSSR count). The van der Waals surface area contributed by atoms with Gasteiger partial charge in [-0.1, -0.05) is 26.8 Å². The topological polar surface area (TPSA) is 184 Å². The molecule has 0 atom stereocenters. The molecule has 1 saturated heterocycles. The highest BCUT2D eigenvalue weighted by atomic mass is 19.4. The van der Waals surface area contributed by atoms with Crippen molar-refractivity contribution in [1.29, 1.82) is 0 Å². The third kappa shape index (κ3) is 11.2. The van der Waals surface area contributed by atoms with Crippen LogP contribution in [-0.4, -0.2) is 105 Å². The quantitative estimate of drug-likeness (QED) is 0.120. The molecule has 1 aromatic carbocycles. The van der Waals surface area contributed by atoms with Gasteiger partial charge in [-0.3, -0.25) is 14.7 Å². The molecule has 0 unspecified atom stereocenters. The first-order valence-corrected chi connectivity index (χ1v) is 17.4. The van der Waals surface area contributed by atoms with E-state index in [1.54, 1.807) is 23.8 Å². The fraction of sp³-hybridized carbons (Fsp3) is 0.371. The van der Waals surface area contributed by atoms with Crippen molar-refractivity contribution in [2.45, 2.75) is 57.4 Å². The lowest BCUT2D eigenvalue weighted by Gasteiger charge is -2.35. The minimum Gasteiger partial charge on any atom is -0.415 e. The Labute approximate surface area is 343 Å². The van der Waals surface area contributed by atoms with E-state index in [4.69, 9.17) is 0 Å². The molecule has 1 aliphatic heterocycles. The van der Waals surface area contributed by atoms with E-state index in [-0.39, 0.29) is 5.65 Å². The molecule has 3 aromatic heterocycles. The third-order valence-corrected chi connectivity index (χ3v) is 8.38. The summed E-state index contributed by atoms with van der Waals surface area (Å²) in [4.78, 5) is 74.8. The van der Waals surface area contributed by atoms with Crippen LogP contribution in [0.1, 0.15) is 42.3 Å². The minimum atomic E-state index is -6.19. The Hall–Kier alpha value is -6.74. The van der Waals surface area contributed by atoms with Crippen LogP contribution in [0.15, 0.2) is 42.9 Å². The van der Waals surface area contributed by atoms with Crippen LogP contribution >= 0.6 is 0 Å². The van der Waals surface area contributed by atoms with Crippen LogP contribution in [0.25, 0.3) is 5.65 Å². The van der Waals surface area contributed by atoms with Gasteiger partial charge in [-0.25, -0.2) is 28.7 Å². The number of hydrogen-bond donors (Lipinski definition) is 1. The Morgan fingerprint density at radius 3 is 1.57 bits per heavy atom. The van der Waals surface area contributed by atoms with Crippen molar-refractivity contribution < 1.29 is 95.6 Å². The van der Waals surface area contributed by atoms with E-state index in [0.29, 0.717) is 38.5 Å². The number of nitrogens with one attached hydrogen (secondary N) is 1. The lowest BCUT2D eigenvalue weighted by molar-refractivity contribution is -0.192. The largest absolute Gasteiger partial charge is 0.491 e. The number of rotatable bonds is 9. The second-order valence-electron chi connectivity index (χ2n) is 14.1. The van der Waals surface area contributed by atoms with Crippen molar-refractivity contribution >= 4 is 47.1 Å². The fourth-order valence-electron chi connectivity index (χ4n) is 5.70. The molecule has 340 valence electrons. The van der Waals surface area contributed by atoms with E-state index >= 15 is 0 Å². The average molecular weight is 918 g/mol. The summed E-state index contributed by atoms with van der Waals surface area (Å²) in [7, 11) is 0. The Kier molecular flexibility index (Phi) is 12.9. The van der Waals surface area contributed by atoms with Gasteiger partial charge in [0, 0.05) is 45.1 Å². The molecule has 1 aliphatic rings. The standard InChI is InChI=1S/C35H27F12N7O9/c1-31(2,3)21-24(62-29(58)34(42,43)44)22(60-27(56)32(36,37)38)20(23(61-28(57)33(39,40)41)25(21)63-30(59)35(45,46)47)26(55)50-17-15-54-18(49-17)6-7-19(51-54)53-11-9-52(10-12-53)14-16-5-4-8-48-13-16/h4-8,13,15H,9-12,14H2,1-3H3,(H,50,55). The highest BCUT2D eigenvalue weighted by Crippen LogP contribution is 2.55. The molecule has 1 N–H and O–H groups in total. The van der Waals surface area contributed by atoms with Crippen molar-refractivity contribution in [3.05, 3.63) is 59.5 Å². The zero-order chi connectivity index (χ0) is 47.0. The predicted molar refractivity (Wildman–Crippen MR) is 185 cm³/mol. The molecular formula is C35H27F12N7O9. The van der Waals surface area contributed by atoms with Crippen molar-refractivity contribution in [3.63, 3.8) is 0 Å². The number of aromatic nitrogens is 4. The lowest BCUT2D eigenvalue weighted by Crippen LogP contribution is -2.46. The summed E-state index contributed by atoms with van der Waals surface area (Å²) in [6.07, 6.45) is -20.5. The van der Waals surface area contributed by atoms with E-state index in [9.17, 15) is 76.7 Å². The molecule has 1 amide bonds. The lowest BCUT2D eigenvalue weighted by atomic mass is 9.83. The number of anilines is 2. The number of piperazine rings is 1. The van der Waals surface area contributed by atoms with Crippen LogP contribution in [0, 0.1) is 0 Å². The number of benzene rings is 1. The Bertz CT molecular complexity index is 2340. The van der Waals surface area contributed by atoms with Crippen LogP contribution in [0.3, 0.4) is 0 Å². The van der Waals surface area contributed by atoms with Crippen molar-refractivity contribution in [2.24, 2.45) is 0 Å². The maximum Gasteiger partial charge on any atom is 0.491 e. The van der Waals surface area contributed by atoms with Gasteiger partial charge in [-0.2, -0.15) is 52.7 Å². The number of carbonyl (C=O) groups is 5. The molecule has 16 nitrogen and oxygen atoms in total. The van der Waals surface area contributed by atoms with E-state index < -0.39 is 99.8 Å². The second kappa shape index (κ2) is 17.2. The van der Waals surface area contributed by atoms with Crippen molar-refractivity contribution in [3.8, 4) is 23.0 Å². The zero-order valence-corrected chi connectivity index (χ0v) is 32.0. The van der Waals surface area contributed by atoms with Gasteiger partial charge in [-0.05, 0) is 29.2 Å². The van der Waals surface area contributed by atoms with Gasteiger partial charge in [0.25, 0.3) is 5.91 Å². The number of hydrogen-bond acceptors (Lipinski definition) is 14. The first kappa shape index (κ1) is 47.3. The number of pyridine rings is 1. The summed E-state index contributed by atoms with van der Waals surface area (Å²) in [6.45, 7) is 4.78. The number of fused-ring (bicyclic) bond motifs is 1.